The maximum absolute atomic E-state index is 12.6. The largest absolute Gasteiger partial charge is 0.356 e. The molecule has 152 valence electrons. The van der Waals surface area contributed by atoms with Gasteiger partial charge in [-0.2, -0.15) is 0 Å². The molecule has 2 aliphatic rings. The van der Waals surface area contributed by atoms with E-state index in [-0.39, 0.29) is 17.2 Å². The molecule has 7 heteroatoms. The van der Waals surface area contributed by atoms with Gasteiger partial charge in [0.1, 0.15) is 5.01 Å². The number of aryl methyl sites for hydroxylation is 1. The Bertz CT molecular complexity index is 941. The second-order valence-electron chi connectivity index (χ2n) is 8.42. The summed E-state index contributed by atoms with van der Waals surface area (Å²) in [7, 11) is 0. The molecule has 0 bridgehead atoms. The molecule has 1 N–H and O–H groups in total. The topological polar surface area (TPSA) is 63.1 Å². The summed E-state index contributed by atoms with van der Waals surface area (Å²) in [5.41, 5.74) is 1.37. The van der Waals surface area contributed by atoms with Crippen molar-refractivity contribution in [3.63, 3.8) is 0 Å². The lowest BCUT2D eigenvalue weighted by atomic mass is 9.90. The molecule has 5 rings (SSSR count). The number of aromatic nitrogens is 3. The summed E-state index contributed by atoms with van der Waals surface area (Å²) in [6.07, 6.45) is 9.83. The van der Waals surface area contributed by atoms with E-state index < -0.39 is 0 Å². The number of fused-ring (bicyclic) bond motifs is 1. The quantitative estimate of drug-likeness (QED) is 0.608. The minimum atomic E-state index is 0.223. The van der Waals surface area contributed by atoms with Crippen molar-refractivity contribution < 1.29 is 4.79 Å². The van der Waals surface area contributed by atoms with Gasteiger partial charge in [0.15, 0.2) is 0 Å². The number of thiazole rings is 1. The Morgan fingerprint density at radius 1 is 1.28 bits per heavy atom. The van der Waals surface area contributed by atoms with Gasteiger partial charge in [-0.25, -0.2) is 9.97 Å². The lowest BCUT2D eigenvalue weighted by Gasteiger charge is -2.32. The molecule has 1 saturated heterocycles. The van der Waals surface area contributed by atoms with Gasteiger partial charge in [0, 0.05) is 31.4 Å². The van der Waals surface area contributed by atoms with Gasteiger partial charge < -0.3 is 9.88 Å². The zero-order valence-electron chi connectivity index (χ0n) is 16.6. The SMILES string of the molecule is O=C(NCCCn1ccnc1)[C@H]1CC12CCN(Cc1nc3ccccc3s1)CC2. The fourth-order valence-electron chi connectivity index (χ4n) is 4.62. The normalized spacial score (nSPS) is 20.9. The lowest BCUT2D eigenvalue weighted by molar-refractivity contribution is -0.123. The molecule has 2 fully saturated rings. The third kappa shape index (κ3) is 4.07. The zero-order chi connectivity index (χ0) is 19.7. The van der Waals surface area contributed by atoms with Crippen LogP contribution in [0.2, 0.25) is 0 Å². The number of hydrogen-bond acceptors (Lipinski definition) is 5. The number of hydrogen-bond donors (Lipinski definition) is 1. The predicted octanol–water partition coefficient (Wildman–Crippen LogP) is 3.30. The number of nitrogens with one attached hydrogen (secondary N) is 1. The van der Waals surface area contributed by atoms with E-state index in [4.69, 9.17) is 4.98 Å². The van der Waals surface area contributed by atoms with Crippen LogP contribution in [-0.4, -0.2) is 45.0 Å². The molecule has 1 spiro atoms. The van der Waals surface area contributed by atoms with Crippen molar-refractivity contribution in [3.8, 4) is 0 Å². The summed E-state index contributed by atoms with van der Waals surface area (Å²) >= 11 is 1.80. The second kappa shape index (κ2) is 7.88. The number of carbonyl (C=O) groups excluding carboxylic acids is 1. The molecule has 3 aromatic rings. The van der Waals surface area contributed by atoms with Crippen LogP contribution in [0.15, 0.2) is 43.0 Å². The Morgan fingerprint density at radius 2 is 2.14 bits per heavy atom. The number of carbonyl (C=O) groups is 1. The zero-order valence-corrected chi connectivity index (χ0v) is 17.4. The van der Waals surface area contributed by atoms with Gasteiger partial charge in [-0.05, 0) is 56.3 Å². The number of para-hydroxylation sites is 1. The van der Waals surface area contributed by atoms with Crippen molar-refractivity contribution in [1.82, 2.24) is 24.8 Å². The van der Waals surface area contributed by atoms with Crippen LogP contribution in [0.4, 0.5) is 0 Å². The van der Waals surface area contributed by atoms with E-state index in [0.29, 0.717) is 0 Å². The van der Waals surface area contributed by atoms with Gasteiger partial charge in [-0.1, -0.05) is 12.1 Å². The molecular weight excluding hydrogens is 382 g/mol. The van der Waals surface area contributed by atoms with Gasteiger partial charge in [-0.15, -0.1) is 11.3 Å². The predicted molar refractivity (Wildman–Crippen MR) is 115 cm³/mol. The summed E-state index contributed by atoms with van der Waals surface area (Å²) < 4.78 is 3.31. The first-order valence-corrected chi connectivity index (χ1v) is 11.3. The van der Waals surface area contributed by atoms with E-state index in [2.05, 4.69) is 33.4 Å². The molecule has 29 heavy (non-hydrogen) atoms. The molecule has 1 aromatic carbocycles. The lowest BCUT2D eigenvalue weighted by Crippen LogP contribution is -2.37. The van der Waals surface area contributed by atoms with Gasteiger partial charge in [0.05, 0.1) is 23.1 Å². The van der Waals surface area contributed by atoms with Crippen LogP contribution in [0.3, 0.4) is 0 Å². The van der Waals surface area contributed by atoms with E-state index in [9.17, 15) is 4.79 Å². The molecule has 1 atom stereocenters. The number of likely N-dealkylation sites (tertiary alicyclic amines) is 1. The van der Waals surface area contributed by atoms with Crippen molar-refractivity contribution in [2.24, 2.45) is 11.3 Å². The number of amides is 1. The van der Waals surface area contributed by atoms with E-state index in [1.807, 2.05) is 23.2 Å². The number of piperidine rings is 1. The minimum Gasteiger partial charge on any atom is -0.356 e. The number of benzene rings is 1. The van der Waals surface area contributed by atoms with Gasteiger partial charge >= 0.3 is 0 Å². The van der Waals surface area contributed by atoms with Crippen LogP contribution in [0.25, 0.3) is 10.2 Å². The molecular formula is C22H27N5OS. The number of imidazole rings is 1. The standard InChI is InChI=1S/C22H27N5OS/c28-21(24-8-3-10-27-13-9-23-16-27)17-14-22(17)6-11-26(12-7-22)15-20-25-18-4-1-2-5-19(18)29-20/h1-2,4-5,9,13,16-17H,3,6-8,10-12,14-15H2,(H,24,28)/t17-/m1/s1. The molecule has 6 nitrogen and oxygen atoms in total. The van der Waals surface area contributed by atoms with E-state index >= 15 is 0 Å². The first-order chi connectivity index (χ1) is 14.2. The molecule has 2 aromatic heterocycles. The van der Waals surface area contributed by atoms with Crippen LogP contribution >= 0.6 is 11.3 Å². The monoisotopic (exact) mass is 409 g/mol. The van der Waals surface area contributed by atoms with E-state index in [0.717, 1.165) is 63.9 Å². The number of nitrogens with zero attached hydrogens (tertiary/aromatic N) is 4. The van der Waals surface area contributed by atoms with Gasteiger partial charge in [0.2, 0.25) is 5.91 Å². The summed E-state index contributed by atoms with van der Waals surface area (Å²) in [5, 5.41) is 4.35. The Morgan fingerprint density at radius 3 is 2.93 bits per heavy atom. The molecule has 1 amide bonds. The Kier molecular flexibility index (Phi) is 5.09. The third-order valence-corrected chi connectivity index (χ3v) is 7.53. The van der Waals surface area contributed by atoms with E-state index in [1.165, 1.54) is 9.71 Å². The highest BCUT2D eigenvalue weighted by Crippen LogP contribution is 2.59. The maximum atomic E-state index is 12.6. The highest BCUT2D eigenvalue weighted by Gasteiger charge is 2.58. The van der Waals surface area contributed by atoms with Crippen molar-refractivity contribution in [3.05, 3.63) is 48.0 Å². The third-order valence-electron chi connectivity index (χ3n) is 6.51. The van der Waals surface area contributed by atoms with Crippen molar-refractivity contribution >= 4 is 27.5 Å². The number of rotatable bonds is 7. The smallest absolute Gasteiger partial charge is 0.223 e. The second-order valence-corrected chi connectivity index (χ2v) is 9.53. The molecule has 0 unspecified atom stereocenters. The maximum Gasteiger partial charge on any atom is 0.223 e. The molecule has 1 saturated carbocycles. The first kappa shape index (κ1) is 18.8. The molecule has 1 aliphatic heterocycles. The van der Waals surface area contributed by atoms with Gasteiger partial charge in [0.25, 0.3) is 0 Å². The van der Waals surface area contributed by atoms with Crippen LogP contribution in [-0.2, 0) is 17.9 Å². The summed E-state index contributed by atoms with van der Waals surface area (Å²) in [6, 6.07) is 8.35. The van der Waals surface area contributed by atoms with Crippen molar-refractivity contribution in [2.75, 3.05) is 19.6 Å². The minimum absolute atomic E-state index is 0.223. The summed E-state index contributed by atoms with van der Waals surface area (Å²) in [4.78, 5) is 23.9. The fraction of sp³-hybridized carbons (Fsp3) is 0.500. The van der Waals surface area contributed by atoms with Crippen LogP contribution in [0, 0.1) is 11.3 Å². The molecule has 1 aliphatic carbocycles. The van der Waals surface area contributed by atoms with Crippen LogP contribution < -0.4 is 5.32 Å². The highest BCUT2D eigenvalue weighted by atomic mass is 32.1. The van der Waals surface area contributed by atoms with Crippen molar-refractivity contribution in [1.29, 1.82) is 0 Å². The summed E-state index contributed by atoms with van der Waals surface area (Å²) in [6.45, 7) is 4.71. The summed E-state index contributed by atoms with van der Waals surface area (Å²) in [5.74, 6) is 0.482. The van der Waals surface area contributed by atoms with E-state index in [1.54, 1.807) is 17.5 Å². The van der Waals surface area contributed by atoms with Crippen LogP contribution in [0.1, 0.15) is 30.7 Å². The Hall–Kier alpha value is -2.25. The average Bonchev–Trinajstić information content (AvgIpc) is 3.09. The fourth-order valence-corrected chi connectivity index (χ4v) is 5.63. The van der Waals surface area contributed by atoms with Crippen LogP contribution in [0.5, 0.6) is 0 Å². The average molecular weight is 410 g/mol. The highest BCUT2D eigenvalue weighted by molar-refractivity contribution is 7.18. The van der Waals surface area contributed by atoms with Gasteiger partial charge in [-0.3, -0.25) is 9.69 Å². The first-order valence-electron chi connectivity index (χ1n) is 10.5. The molecule has 3 heterocycles. The van der Waals surface area contributed by atoms with Crippen molar-refractivity contribution in [2.45, 2.75) is 38.8 Å². The Balaban J connectivity index is 1.06. The molecule has 0 radical (unpaired) electrons. The Labute approximate surface area is 175 Å².